The van der Waals surface area contributed by atoms with Gasteiger partial charge in [0.25, 0.3) is 0 Å². The van der Waals surface area contributed by atoms with Crippen LogP contribution in [0.1, 0.15) is 57.0 Å². The summed E-state index contributed by atoms with van der Waals surface area (Å²) in [5.74, 6) is 1.17. The van der Waals surface area contributed by atoms with Gasteiger partial charge in [-0.3, -0.25) is 10.1 Å². The minimum absolute atomic E-state index is 0.0902. The maximum atomic E-state index is 13.4. The number of nitrogens with zero attached hydrogens (tertiary/aromatic N) is 2. The molecule has 4 aromatic carbocycles. The minimum Gasteiger partial charge on any atom is -0.488 e. The molecule has 1 aromatic heterocycles. The van der Waals surface area contributed by atoms with Crippen LogP contribution in [-0.2, 0) is 23.2 Å². The third-order valence-corrected chi connectivity index (χ3v) is 8.16. The van der Waals surface area contributed by atoms with Crippen molar-refractivity contribution >= 4 is 39.9 Å². The van der Waals surface area contributed by atoms with Gasteiger partial charge in [0.2, 0.25) is 5.91 Å². The van der Waals surface area contributed by atoms with Crippen LogP contribution in [0.25, 0.3) is 16.5 Å². The molecule has 0 spiro atoms. The summed E-state index contributed by atoms with van der Waals surface area (Å²) in [6, 6.07) is 26.8. The topological polar surface area (TPSA) is 109 Å². The van der Waals surface area contributed by atoms with Gasteiger partial charge in [-0.15, -0.1) is 0 Å². The van der Waals surface area contributed by atoms with Gasteiger partial charge in [0.15, 0.2) is 0 Å². The molecule has 5 rings (SSSR count). The number of hydrogen-bond donors (Lipinski definition) is 4. The standard InChI is InChI=1S/C38H44N6O3/c1-8-27-16-15-26(21-32(27)40-36(45)25(3)39-7)23-47-33-20-19-31(29-11-9-10-12-30(29)33)41-37(46)42-35-22-34(38(4,5)6)43-44(35)28-17-13-24(2)14-18-28/h9-22,25,39H,8,23H2,1-7H3,(H,40,45)(H2,41,42,46). The first-order valence-electron chi connectivity index (χ1n) is 16.0. The summed E-state index contributed by atoms with van der Waals surface area (Å²) in [5.41, 5.74) is 6.10. The SMILES string of the molecule is CCc1ccc(COc2ccc(NC(=O)Nc3cc(C(C)(C)C)nn3-c3ccc(C)cc3)c3ccccc23)cc1NC(=O)C(C)NC. The fraction of sp³-hybridized carbons (Fsp3) is 0.289. The van der Waals surface area contributed by atoms with E-state index in [4.69, 9.17) is 9.84 Å². The lowest BCUT2D eigenvalue weighted by molar-refractivity contribution is -0.117. The van der Waals surface area contributed by atoms with Crippen LogP contribution < -0.4 is 26.0 Å². The van der Waals surface area contributed by atoms with Crippen LogP contribution in [0.5, 0.6) is 5.75 Å². The molecule has 0 aliphatic carbocycles. The van der Waals surface area contributed by atoms with Crippen LogP contribution in [-0.4, -0.2) is 34.8 Å². The highest BCUT2D eigenvalue weighted by Gasteiger charge is 2.22. The van der Waals surface area contributed by atoms with E-state index in [9.17, 15) is 9.59 Å². The molecule has 5 aromatic rings. The van der Waals surface area contributed by atoms with Crippen molar-refractivity contribution in [3.63, 3.8) is 0 Å². The number of aromatic nitrogens is 2. The van der Waals surface area contributed by atoms with E-state index in [1.165, 1.54) is 0 Å². The normalized spacial score (nSPS) is 12.1. The Kier molecular flexibility index (Phi) is 9.96. The van der Waals surface area contributed by atoms with Crippen LogP contribution in [0, 0.1) is 6.92 Å². The minimum atomic E-state index is -0.379. The molecular formula is C38H44N6O3. The van der Waals surface area contributed by atoms with Crippen molar-refractivity contribution in [2.75, 3.05) is 23.0 Å². The van der Waals surface area contributed by atoms with Crippen LogP contribution in [0.2, 0.25) is 0 Å². The molecule has 0 aliphatic rings. The van der Waals surface area contributed by atoms with E-state index < -0.39 is 0 Å². The van der Waals surface area contributed by atoms with Gasteiger partial charge >= 0.3 is 6.03 Å². The Morgan fingerprint density at radius 3 is 2.28 bits per heavy atom. The zero-order valence-corrected chi connectivity index (χ0v) is 28.2. The number of urea groups is 1. The zero-order valence-electron chi connectivity index (χ0n) is 28.2. The Balaban J connectivity index is 1.35. The first kappa shape index (κ1) is 33.2. The highest BCUT2D eigenvalue weighted by atomic mass is 16.5. The van der Waals surface area contributed by atoms with Crippen LogP contribution in [0.4, 0.5) is 22.0 Å². The van der Waals surface area contributed by atoms with E-state index in [0.29, 0.717) is 23.9 Å². The van der Waals surface area contributed by atoms with Gasteiger partial charge in [-0.05, 0) is 68.8 Å². The summed E-state index contributed by atoms with van der Waals surface area (Å²) < 4.78 is 8.07. The number of fused-ring (bicyclic) bond motifs is 1. The largest absolute Gasteiger partial charge is 0.488 e. The molecule has 1 unspecified atom stereocenters. The van der Waals surface area contributed by atoms with Gasteiger partial charge in [0.1, 0.15) is 18.2 Å². The first-order chi connectivity index (χ1) is 22.5. The number of benzene rings is 4. The number of carbonyl (C=O) groups excluding carboxylic acids is 2. The van der Waals surface area contributed by atoms with E-state index >= 15 is 0 Å². The number of hydrogen-bond acceptors (Lipinski definition) is 5. The lowest BCUT2D eigenvalue weighted by atomic mass is 9.92. The molecule has 0 saturated carbocycles. The molecule has 4 N–H and O–H groups in total. The Morgan fingerprint density at radius 2 is 1.60 bits per heavy atom. The first-order valence-corrected chi connectivity index (χ1v) is 16.0. The number of carbonyl (C=O) groups is 2. The molecule has 9 nitrogen and oxygen atoms in total. The Hall–Kier alpha value is -5.15. The predicted molar refractivity (Wildman–Crippen MR) is 191 cm³/mol. The van der Waals surface area contributed by atoms with Crippen molar-refractivity contribution in [1.82, 2.24) is 15.1 Å². The second-order valence-corrected chi connectivity index (χ2v) is 12.8. The third-order valence-electron chi connectivity index (χ3n) is 8.16. The van der Waals surface area contributed by atoms with Gasteiger partial charge in [0, 0.05) is 27.9 Å². The number of likely N-dealkylation sites (N-methyl/N-ethyl adjacent to an activating group) is 1. The van der Waals surface area contributed by atoms with Gasteiger partial charge in [-0.25, -0.2) is 9.48 Å². The monoisotopic (exact) mass is 632 g/mol. The maximum Gasteiger partial charge on any atom is 0.324 e. The van der Waals surface area contributed by atoms with Crippen molar-refractivity contribution in [3.05, 3.63) is 107 Å². The molecular weight excluding hydrogens is 588 g/mol. The van der Waals surface area contributed by atoms with Crippen molar-refractivity contribution < 1.29 is 14.3 Å². The van der Waals surface area contributed by atoms with Crippen LogP contribution in [0.15, 0.2) is 84.9 Å². The molecule has 244 valence electrons. The van der Waals surface area contributed by atoms with Crippen LogP contribution in [0.3, 0.4) is 0 Å². The molecule has 0 saturated heterocycles. The van der Waals surface area contributed by atoms with E-state index in [-0.39, 0.29) is 23.4 Å². The molecule has 0 bridgehead atoms. The molecule has 0 fully saturated rings. The summed E-state index contributed by atoms with van der Waals surface area (Å²) in [6.45, 7) is 12.5. The van der Waals surface area contributed by atoms with Gasteiger partial charge < -0.3 is 20.7 Å². The summed E-state index contributed by atoms with van der Waals surface area (Å²) in [7, 11) is 1.76. The second-order valence-electron chi connectivity index (χ2n) is 12.8. The van der Waals surface area contributed by atoms with Gasteiger partial charge in [-0.1, -0.05) is 81.8 Å². The summed E-state index contributed by atoms with van der Waals surface area (Å²) in [5, 5.41) is 18.6. The molecule has 1 heterocycles. The molecule has 9 heteroatoms. The number of ether oxygens (including phenoxy) is 1. The molecule has 0 radical (unpaired) electrons. The van der Waals surface area contributed by atoms with Crippen molar-refractivity contribution in [2.24, 2.45) is 0 Å². The smallest absolute Gasteiger partial charge is 0.324 e. The Labute approximate surface area is 276 Å². The molecule has 1 atom stereocenters. The summed E-state index contributed by atoms with van der Waals surface area (Å²) in [4.78, 5) is 26.0. The van der Waals surface area contributed by atoms with Gasteiger partial charge in [0.05, 0.1) is 23.1 Å². The average Bonchev–Trinajstić information content (AvgIpc) is 3.48. The zero-order chi connectivity index (χ0) is 33.7. The van der Waals surface area contributed by atoms with Gasteiger partial charge in [-0.2, -0.15) is 5.10 Å². The highest BCUT2D eigenvalue weighted by Crippen LogP contribution is 2.33. The second kappa shape index (κ2) is 14.1. The number of amides is 3. The van der Waals surface area contributed by atoms with E-state index in [2.05, 4.69) is 49.0 Å². The van der Waals surface area contributed by atoms with E-state index in [0.717, 1.165) is 51.0 Å². The quantitative estimate of drug-likeness (QED) is 0.125. The highest BCUT2D eigenvalue weighted by molar-refractivity contribution is 6.07. The average molecular weight is 633 g/mol. The fourth-order valence-corrected chi connectivity index (χ4v) is 5.17. The van der Waals surface area contributed by atoms with E-state index in [1.807, 2.05) is 98.8 Å². The summed E-state index contributed by atoms with van der Waals surface area (Å²) >= 11 is 0. The fourth-order valence-electron chi connectivity index (χ4n) is 5.17. The van der Waals surface area contributed by atoms with E-state index in [1.54, 1.807) is 11.7 Å². The van der Waals surface area contributed by atoms with Crippen molar-refractivity contribution in [1.29, 1.82) is 0 Å². The number of rotatable bonds is 10. The molecule has 3 amide bonds. The lowest BCUT2D eigenvalue weighted by Gasteiger charge is -2.16. The Bertz CT molecular complexity index is 1890. The predicted octanol–water partition coefficient (Wildman–Crippen LogP) is 7.96. The maximum absolute atomic E-state index is 13.4. The van der Waals surface area contributed by atoms with Crippen molar-refractivity contribution in [3.8, 4) is 11.4 Å². The van der Waals surface area contributed by atoms with Crippen LogP contribution >= 0.6 is 0 Å². The molecule has 0 aliphatic heterocycles. The Morgan fingerprint density at radius 1 is 0.872 bits per heavy atom. The number of aryl methyl sites for hydroxylation is 2. The summed E-state index contributed by atoms with van der Waals surface area (Å²) in [6.07, 6.45) is 0.795. The number of anilines is 3. The number of nitrogens with one attached hydrogen (secondary N) is 4. The van der Waals surface area contributed by atoms with Crippen molar-refractivity contribution in [2.45, 2.75) is 66.0 Å². The lowest BCUT2D eigenvalue weighted by Crippen LogP contribution is -2.35. The molecule has 47 heavy (non-hydrogen) atoms. The third kappa shape index (κ3) is 7.81.